The van der Waals surface area contributed by atoms with Gasteiger partial charge in [0.15, 0.2) is 0 Å². The van der Waals surface area contributed by atoms with Gasteiger partial charge in [-0.15, -0.1) is 5.10 Å². The minimum atomic E-state index is -0.788. The van der Waals surface area contributed by atoms with E-state index < -0.39 is 5.97 Å². The minimum Gasteiger partial charge on any atom is -0.481 e. The summed E-state index contributed by atoms with van der Waals surface area (Å²) in [5.74, 6) is -1.06. The van der Waals surface area contributed by atoms with E-state index >= 15 is 0 Å². The lowest BCUT2D eigenvalue weighted by molar-refractivity contribution is -0.137. The third kappa shape index (κ3) is 3.40. The zero-order valence-electron chi connectivity index (χ0n) is 11.2. The molecule has 0 saturated heterocycles. The first-order valence-corrected chi connectivity index (χ1v) is 6.46. The fourth-order valence-electron chi connectivity index (χ4n) is 1.96. The lowest BCUT2D eigenvalue weighted by atomic mass is 10.1. The van der Waals surface area contributed by atoms with Crippen LogP contribution in [0.25, 0.3) is 5.69 Å². The first-order chi connectivity index (χ1) is 9.58. The van der Waals surface area contributed by atoms with Crippen LogP contribution in [0.2, 0.25) is 0 Å². The molecule has 2 aromatic rings. The predicted molar refractivity (Wildman–Crippen MR) is 71.2 cm³/mol. The van der Waals surface area contributed by atoms with Gasteiger partial charge in [-0.2, -0.15) is 0 Å². The summed E-state index contributed by atoms with van der Waals surface area (Å²) >= 11 is 0. The molecule has 0 amide bonds. The molecule has 0 fully saturated rings. The van der Waals surface area contributed by atoms with Crippen molar-refractivity contribution in [3.8, 4) is 5.69 Å². The van der Waals surface area contributed by atoms with Crippen LogP contribution in [0, 0.1) is 12.7 Å². The lowest BCUT2D eigenvalue weighted by Crippen LogP contribution is -1.99. The highest BCUT2D eigenvalue weighted by molar-refractivity contribution is 5.66. The molecule has 0 saturated carbocycles. The molecule has 0 aliphatic carbocycles. The van der Waals surface area contributed by atoms with Gasteiger partial charge in [-0.05, 0) is 38.3 Å². The van der Waals surface area contributed by atoms with Crippen LogP contribution in [0.3, 0.4) is 0 Å². The van der Waals surface area contributed by atoms with Gasteiger partial charge < -0.3 is 5.11 Å². The van der Waals surface area contributed by atoms with Crippen molar-refractivity contribution in [2.24, 2.45) is 0 Å². The molecule has 1 N–H and O–H groups in total. The second-order valence-corrected chi connectivity index (χ2v) is 4.64. The van der Waals surface area contributed by atoms with Crippen molar-refractivity contribution in [1.82, 2.24) is 15.0 Å². The first-order valence-electron chi connectivity index (χ1n) is 6.46. The molecule has 0 atom stereocenters. The van der Waals surface area contributed by atoms with E-state index in [0.717, 1.165) is 12.1 Å². The molecule has 0 spiro atoms. The number of hydrogen-bond donors (Lipinski definition) is 1. The van der Waals surface area contributed by atoms with E-state index in [2.05, 4.69) is 10.3 Å². The van der Waals surface area contributed by atoms with Gasteiger partial charge in [0, 0.05) is 12.0 Å². The number of aromatic nitrogens is 3. The van der Waals surface area contributed by atoms with E-state index in [0.29, 0.717) is 24.1 Å². The van der Waals surface area contributed by atoms with E-state index in [1.165, 1.54) is 6.07 Å². The Morgan fingerprint density at radius 1 is 1.40 bits per heavy atom. The maximum absolute atomic E-state index is 13.5. The summed E-state index contributed by atoms with van der Waals surface area (Å²) in [5.41, 5.74) is 1.96. The second-order valence-electron chi connectivity index (χ2n) is 4.64. The number of carbonyl (C=O) groups is 1. The van der Waals surface area contributed by atoms with Crippen LogP contribution in [0.1, 0.15) is 30.5 Å². The highest BCUT2D eigenvalue weighted by Crippen LogP contribution is 2.16. The zero-order chi connectivity index (χ0) is 14.5. The average molecular weight is 277 g/mol. The van der Waals surface area contributed by atoms with E-state index in [-0.39, 0.29) is 12.2 Å². The Balaban J connectivity index is 2.02. The highest BCUT2D eigenvalue weighted by Gasteiger charge is 2.08. The van der Waals surface area contributed by atoms with Gasteiger partial charge in [0.2, 0.25) is 0 Å². The highest BCUT2D eigenvalue weighted by atomic mass is 19.1. The van der Waals surface area contributed by atoms with Crippen LogP contribution in [0.5, 0.6) is 0 Å². The summed E-state index contributed by atoms with van der Waals surface area (Å²) in [6, 6.07) is 4.82. The molecule has 20 heavy (non-hydrogen) atoms. The quantitative estimate of drug-likeness (QED) is 0.824. The van der Waals surface area contributed by atoms with Crippen molar-refractivity contribution in [3.05, 3.63) is 41.5 Å². The SMILES string of the molecule is Cc1c(F)cccc1-n1cc(CCCCC(=O)O)nn1. The van der Waals surface area contributed by atoms with Gasteiger partial charge in [-0.3, -0.25) is 4.79 Å². The number of carboxylic acids is 1. The molecule has 106 valence electrons. The molecule has 1 aromatic carbocycles. The summed E-state index contributed by atoms with van der Waals surface area (Å²) in [6.07, 6.45) is 3.94. The van der Waals surface area contributed by atoms with Crippen LogP contribution < -0.4 is 0 Å². The number of aliphatic carboxylic acids is 1. The van der Waals surface area contributed by atoms with Gasteiger partial charge in [-0.1, -0.05) is 11.3 Å². The van der Waals surface area contributed by atoms with Gasteiger partial charge in [0.05, 0.1) is 17.6 Å². The Morgan fingerprint density at radius 2 is 2.20 bits per heavy atom. The Labute approximate surface area is 116 Å². The van der Waals surface area contributed by atoms with Gasteiger partial charge in [0.25, 0.3) is 0 Å². The molecule has 0 bridgehead atoms. The topological polar surface area (TPSA) is 68.0 Å². The number of halogens is 1. The Kier molecular flexibility index (Phi) is 4.45. The second kappa shape index (κ2) is 6.27. The van der Waals surface area contributed by atoms with Crippen molar-refractivity contribution < 1.29 is 14.3 Å². The fourth-order valence-corrected chi connectivity index (χ4v) is 1.96. The summed E-state index contributed by atoms with van der Waals surface area (Å²) in [5, 5.41) is 16.6. The normalized spacial score (nSPS) is 10.7. The summed E-state index contributed by atoms with van der Waals surface area (Å²) in [4.78, 5) is 10.4. The Morgan fingerprint density at radius 3 is 2.95 bits per heavy atom. The van der Waals surface area contributed by atoms with Crippen molar-refractivity contribution in [1.29, 1.82) is 0 Å². The molecule has 0 unspecified atom stereocenters. The molecular weight excluding hydrogens is 261 g/mol. The third-order valence-corrected chi connectivity index (χ3v) is 3.10. The molecule has 0 aliphatic rings. The number of benzene rings is 1. The molecule has 1 heterocycles. The van der Waals surface area contributed by atoms with Crippen molar-refractivity contribution >= 4 is 5.97 Å². The summed E-state index contributed by atoms with van der Waals surface area (Å²) in [6.45, 7) is 1.69. The number of aryl methyl sites for hydroxylation is 1. The van der Waals surface area contributed by atoms with Gasteiger partial charge in [-0.25, -0.2) is 9.07 Å². The van der Waals surface area contributed by atoms with Crippen molar-refractivity contribution in [2.45, 2.75) is 32.6 Å². The first kappa shape index (κ1) is 14.2. The average Bonchev–Trinajstić information content (AvgIpc) is 2.86. The number of carboxylic acid groups (broad SMARTS) is 1. The standard InChI is InChI=1S/C14H16FN3O2/c1-10-12(15)6-4-7-13(10)18-9-11(16-17-18)5-2-3-8-14(19)20/h4,6-7,9H,2-3,5,8H2,1H3,(H,19,20). The number of nitrogens with zero attached hydrogens (tertiary/aromatic N) is 3. The molecule has 5 nitrogen and oxygen atoms in total. The van der Waals surface area contributed by atoms with Crippen LogP contribution >= 0.6 is 0 Å². The maximum atomic E-state index is 13.5. The summed E-state index contributed by atoms with van der Waals surface area (Å²) < 4.78 is 15.0. The van der Waals surface area contributed by atoms with Crippen LogP contribution in [-0.2, 0) is 11.2 Å². The van der Waals surface area contributed by atoms with Crippen LogP contribution in [-0.4, -0.2) is 26.1 Å². The van der Waals surface area contributed by atoms with E-state index in [1.807, 2.05) is 0 Å². The van der Waals surface area contributed by atoms with Gasteiger partial charge in [0.1, 0.15) is 5.82 Å². The van der Waals surface area contributed by atoms with Crippen LogP contribution in [0.4, 0.5) is 4.39 Å². The Hall–Kier alpha value is -2.24. The summed E-state index contributed by atoms with van der Waals surface area (Å²) in [7, 11) is 0. The molecule has 0 radical (unpaired) electrons. The van der Waals surface area contributed by atoms with Crippen molar-refractivity contribution in [3.63, 3.8) is 0 Å². The maximum Gasteiger partial charge on any atom is 0.303 e. The zero-order valence-corrected chi connectivity index (χ0v) is 11.2. The molecule has 6 heteroatoms. The molecular formula is C14H16FN3O2. The largest absolute Gasteiger partial charge is 0.481 e. The third-order valence-electron chi connectivity index (χ3n) is 3.10. The molecule has 1 aromatic heterocycles. The van der Waals surface area contributed by atoms with E-state index in [9.17, 15) is 9.18 Å². The van der Waals surface area contributed by atoms with Gasteiger partial charge >= 0.3 is 5.97 Å². The monoisotopic (exact) mass is 277 g/mol. The molecule has 2 rings (SSSR count). The van der Waals surface area contributed by atoms with Crippen molar-refractivity contribution in [2.75, 3.05) is 0 Å². The fraction of sp³-hybridized carbons (Fsp3) is 0.357. The smallest absolute Gasteiger partial charge is 0.303 e. The number of unbranched alkanes of at least 4 members (excludes halogenated alkanes) is 1. The number of hydrogen-bond acceptors (Lipinski definition) is 3. The van der Waals surface area contributed by atoms with E-state index in [4.69, 9.17) is 5.11 Å². The molecule has 0 aliphatic heterocycles. The number of rotatable bonds is 6. The minimum absolute atomic E-state index is 0.164. The predicted octanol–water partition coefficient (Wildman–Crippen LogP) is 2.51. The van der Waals surface area contributed by atoms with E-state index in [1.54, 1.807) is 29.9 Å². The lowest BCUT2D eigenvalue weighted by Gasteiger charge is -2.04. The van der Waals surface area contributed by atoms with Crippen LogP contribution in [0.15, 0.2) is 24.4 Å². The Bertz CT molecular complexity index is 610.